The molecule has 0 aliphatic carbocycles. The van der Waals surface area contributed by atoms with Crippen molar-refractivity contribution in [2.45, 2.75) is 12.8 Å². The number of hydrogen-bond donors (Lipinski definition) is 3. The fourth-order valence-electron chi connectivity index (χ4n) is 1.19. The predicted molar refractivity (Wildman–Crippen MR) is 46.2 cm³/mol. The Kier molecular flexibility index (Phi) is 2.94. The fourth-order valence-corrected chi connectivity index (χ4v) is 2.78. The Hall–Kier alpha value is -0.300. The van der Waals surface area contributed by atoms with Crippen LogP contribution < -0.4 is 0 Å². The number of carboxylic acids is 1. The monoisotopic (exact) mass is 195 g/mol. The van der Waals surface area contributed by atoms with Crippen molar-refractivity contribution < 1.29 is 19.0 Å². The summed E-state index contributed by atoms with van der Waals surface area (Å²) in [6.07, 6.45) is 1.60. The maximum Gasteiger partial charge on any atom is 0.319 e. The molecule has 6 heteroatoms. The quantitative estimate of drug-likeness (QED) is 0.608. The Morgan fingerprint density at radius 1 is 1.42 bits per heavy atom. The zero-order valence-corrected chi connectivity index (χ0v) is 7.46. The minimum Gasteiger partial charge on any atom is -0.480 e. The second kappa shape index (κ2) is 3.61. The van der Waals surface area contributed by atoms with Gasteiger partial charge in [0.05, 0.1) is 5.75 Å². The van der Waals surface area contributed by atoms with Gasteiger partial charge in [-0.15, -0.1) is 10.8 Å². The largest absolute Gasteiger partial charge is 0.480 e. The van der Waals surface area contributed by atoms with Crippen LogP contribution in [-0.2, 0) is 4.79 Å². The average molecular weight is 195 g/mol. The van der Waals surface area contributed by atoms with Crippen molar-refractivity contribution in [2.75, 3.05) is 18.8 Å². The van der Waals surface area contributed by atoms with E-state index < -0.39 is 16.7 Å². The van der Waals surface area contributed by atoms with Crippen LogP contribution in [0, 0.1) is 0 Å². The van der Waals surface area contributed by atoms with Crippen LogP contribution >= 0.6 is 10.8 Å². The lowest BCUT2D eigenvalue weighted by Gasteiger charge is -2.45. The zero-order chi connectivity index (χ0) is 9.19. The van der Waals surface area contributed by atoms with Crippen molar-refractivity contribution >= 4 is 16.7 Å². The van der Waals surface area contributed by atoms with Crippen LogP contribution in [0.4, 0.5) is 0 Å². The maximum absolute atomic E-state index is 10.3. The normalized spacial score (nSPS) is 26.5. The second-order valence-corrected chi connectivity index (χ2v) is 4.99. The summed E-state index contributed by atoms with van der Waals surface area (Å²) in [6.45, 7) is 0.191. The maximum atomic E-state index is 10.3. The highest BCUT2D eigenvalue weighted by Gasteiger charge is 2.27. The Morgan fingerprint density at radius 2 is 2.08 bits per heavy atom. The second-order valence-electron chi connectivity index (χ2n) is 2.80. The van der Waals surface area contributed by atoms with Crippen LogP contribution in [-0.4, -0.2) is 43.3 Å². The summed E-state index contributed by atoms with van der Waals surface area (Å²) in [4.78, 5) is 10.3. The molecule has 0 atom stereocenters. The molecule has 0 unspecified atom stereocenters. The lowest BCUT2D eigenvalue weighted by molar-refractivity contribution is -0.137. The van der Waals surface area contributed by atoms with Gasteiger partial charge in [-0.2, -0.15) is 4.31 Å². The highest BCUT2D eigenvalue weighted by atomic mass is 32.3. The lowest BCUT2D eigenvalue weighted by Crippen LogP contribution is -2.37. The van der Waals surface area contributed by atoms with Crippen molar-refractivity contribution in [1.82, 2.24) is 4.31 Å². The number of carbonyl (C=O) groups is 1. The van der Waals surface area contributed by atoms with E-state index in [2.05, 4.69) is 0 Å². The van der Waals surface area contributed by atoms with Gasteiger partial charge in [-0.05, 0) is 12.8 Å². The number of nitrogens with zero attached hydrogens (tertiary/aromatic N) is 1. The first-order chi connectivity index (χ1) is 5.52. The first-order valence-corrected chi connectivity index (χ1v) is 5.42. The van der Waals surface area contributed by atoms with Gasteiger partial charge in [0, 0.05) is 6.54 Å². The SMILES string of the molecule is O=C(O)CN1CCCCS1(O)O. The van der Waals surface area contributed by atoms with Crippen LogP contribution in [0.25, 0.3) is 0 Å². The lowest BCUT2D eigenvalue weighted by atomic mass is 10.3. The molecule has 72 valence electrons. The summed E-state index contributed by atoms with van der Waals surface area (Å²) < 4.78 is 20.0. The van der Waals surface area contributed by atoms with Crippen LogP contribution in [0.5, 0.6) is 0 Å². The highest BCUT2D eigenvalue weighted by Crippen LogP contribution is 2.46. The average Bonchev–Trinajstić information content (AvgIpc) is 1.92. The van der Waals surface area contributed by atoms with E-state index in [-0.39, 0.29) is 6.54 Å². The molecule has 12 heavy (non-hydrogen) atoms. The van der Waals surface area contributed by atoms with E-state index in [9.17, 15) is 13.9 Å². The summed E-state index contributed by atoms with van der Waals surface area (Å²) in [5, 5.41) is 8.45. The molecule has 1 fully saturated rings. The molecule has 0 aromatic carbocycles. The summed E-state index contributed by atoms with van der Waals surface area (Å²) in [5.41, 5.74) is 0. The molecular weight excluding hydrogens is 182 g/mol. The van der Waals surface area contributed by atoms with Gasteiger partial charge in [0.2, 0.25) is 0 Å². The molecule has 1 aliphatic heterocycles. The summed E-state index contributed by atoms with van der Waals surface area (Å²) in [7, 11) is -2.77. The van der Waals surface area contributed by atoms with E-state index in [1.807, 2.05) is 0 Å². The van der Waals surface area contributed by atoms with Gasteiger partial charge in [0.15, 0.2) is 0 Å². The molecule has 1 saturated heterocycles. The molecule has 0 spiro atoms. The summed E-state index contributed by atoms with van der Waals surface area (Å²) in [5.74, 6) is -0.711. The number of carboxylic acid groups (broad SMARTS) is 1. The minimum absolute atomic E-state index is 0.275. The molecule has 0 aromatic rings. The van der Waals surface area contributed by atoms with E-state index in [4.69, 9.17) is 5.11 Å². The first kappa shape index (κ1) is 9.79. The molecule has 1 rings (SSSR count). The first-order valence-electron chi connectivity index (χ1n) is 3.75. The van der Waals surface area contributed by atoms with Crippen molar-refractivity contribution in [3.63, 3.8) is 0 Å². The number of hydrogen-bond acceptors (Lipinski definition) is 4. The van der Waals surface area contributed by atoms with E-state index >= 15 is 0 Å². The molecule has 0 aromatic heterocycles. The zero-order valence-electron chi connectivity index (χ0n) is 6.64. The van der Waals surface area contributed by atoms with Crippen LogP contribution in [0.2, 0.25) is 0 Å². The molecule has 0 radical (unpaired) electrons. The van der Waals surface area contributed by atoms with Crippen molar-refractivity contribution in [2.24, 2.45) is 0 Å². The third-order valence-corrected chi connectivity index (χ3v) is 3.78. The van der Waals surface area contributed by atoms with Gasteiger partial charge in [0.25, 0.3) is 0 Å². The van der Waals surface area contributed by atoms with Gasteiger partial charge in [-0.1, -0.05) is 0 Å². The van der Waals surface area contributed by atoms with Crippen molar-refractivity contribution in [3.8, 4) is 0 Å². The third-order valence-electron chi connectivity index (χ3n) is 1.80. The molecular formula is C6H13NO4S. The predicted octanol–water partition coefficient (Wildman–Crippen LogP) is 0.832. The Morgan fingerprint density at radius 3 is 2.58 bits per heavy atom. The molecule has 0 bridgehead atoms. The van der Waals surface area contributed by atoms with E-state index in [0.717, 1.165) is 12.8 Å². The molecule has 1 aliphatic rings. The van der Waals surface area contributed by atoms with Crippen LogP contribution in [0.15, 0.2) is 0 Å². The van der Waals surface area contributed by atoms with Crippen molar-refractivity contribution in [3.05, 3.63) is 0 Å². The molecule has 0 amide bonds. The van der Waals surface area contributed by atoms with Gasteiger partial charge in [-0.25, -0.2) is 0 Å². The van der Waals surface area contributed by atoms with Gasteiger partial charge >= 0.3 is 5.97 Å². The van der Waals surface area contributed by atoms with Crippen molar-refractivity contribution in [1.29, 1.82) is 0 Å². The molecule has 5 nitrogen and oxygen atoms in total. The fraction of sp³-hybridized carbons (Fsp3) is 0.833. The molecule has 3 N–H and O–H groups in total. The van der Waals surface area contributed by atoms with E-state index in [0.29, 0.717) is 12.3 Å². The highest BCUT2D eigenvalue weighted by molar-refractivity contribution is 8.22. The van der Waals surface area contributed by atoms with Gasteiger partial charge < -0.3 is 5.11 Å². The Bertz CT molecular complexity index is 184. The van der Waals surface area contributed by atoms with E-state index in [1.54, 1.807) is 0 Å². The molecule has 0 saturated carbocycles. The Labute approximate surface area is 72.5 Å². The van der Waals surface area contributed by atoms with Crippen LogP contribution in [0.3, 0.4) is 0 Å². The van der Waals surface area contributed by atoms with Gasteiger partial charge in [0.1, 0.15) is 6.54 Å². The molecule has 1 heterocycles. The topological polar surface area (TPSA) is 81.0 Å². The van der Waals surface area contributed by atoms with E-state index in [1.165, 1.54) is 4.31 Å². The van der Waals surface area contributed by atoms with Crippen LogP contribution in [0.1, 0.15) is 12.8 Å². The number of aliphatic carboxylic acids is 1. The Balaban J connectivity index is 2.54. The number of rotatable bonds is 2. The smallest absolute Gasteiger partial charge is 0.319 e. The minimum atomic E-state index is -2.77. The standard InChI is InChI=1S/C6H13NO4S/c8-6(9)5-7-3-1-2-4-12(7,10)11/h10-11H,1-5H2,(H,8,9). The third kappa shape index (κ3) is 2.34. The summed E-state index contributed by atoms with van der Waals surface area (Å²) >= 11 is 0. The summed E-state index contributed by atoms with van der Waals surface area (Å²) in [6, 6.07) is 0. The van der Waals surface area contributed by atoms with Gasteiger partial charge in [-0.3, -0.25) is 13.9 Å².